The normalized spacial score (nSPS) is 13.1. The lowest BCUT2D eigenvalue weighted by Crippen LogP contribution is -2.58. The molecule has 0 saturated heterocycles. The van der Waals surface area contributed by atoms with Crippen LogP contribution in [0.2, 0.25) is 0 Å². The molecule has 0 aromatic heterocycles. The van der Waals surface area contributed by atoms with Gasteiger partial charge in [0.15, 0.2) is 0 Å². The zero-order chi connectivity index (χ0) is 29.7. The van der Waals surface area contributed by atoms with E-state index in [0.717, 1.165) is 10.8 Å². The van der Waals surface area contributed by atoms with Crippen molar-refractivity contribution in [3.05, 3.63) is 77.9 Å². The zero-order valence-electron chi connectivity index (χ0n) is 23.8. The summed E-state index contributed by atoms with van der Waals surface area (Å²) in [4.78, 5) is 42.3. The van der Waals surface area contributed by atoms with Crippen molar-refractivity contribution in [2.45, 2.75) is 64.8 Å². The number of thiol groups is 1. The Hall–Kier alpha value is -3.96. The highest BCUT2D eigenvalue weighted by Crippen LogP contribution is 2.33. The van der Waals surface area contributed by atoms with Gasteiger partial charge >= 0.3 is 6.09 Å². The lowest BCUT2D eigenvalue weighted by atomic mass is 9.92. The van der Waals surface area contributed by atoms with Crippen molar-refractivity contribution < 1.29 is 19.1 Å². The van der Waals surface area contributed by atoms with Gasteiger partial charge in [0.1, 0.15) is 17.7 Å². The van der Waals surface area contributed by atoms with Crippen LogP contribution in [-0.2, 0) is 14.3 Å². The molecule has 0 bridgehead atoms. The van der Waals surface area contributed by atoms with Gasteiger partial charge in [-0.1, -0.05) is 54.5 Å². The van der Waals surface area contributed by atoms with Crippen LogP contribution < -0.4 is 10.6 Å². The first-order chi connectivity index (χ1) is 18.7. The van der Waals surface area contributed by atoms with Crippen LogP contribution in [0.3, 0.4) is 0 Å². The topological polar surface area (TPSA) is 87.7 Å². The maximum Gasteiger partial charge on any atom is 0.408 e. The third-order valence-electron chi connectivity index (χ3n) is 6.07. The number of fused-ring (bicyclic) bond motifs is 1. The van der Waals surface area contributed by atoms with Gasteiger partial charge in [-0.2, -0.15) is 12.6 Å². The second kappa shape index (κ2) is 12.5. The molecule has 0 aliphatic heterocycles. The molecule has 2 N–H and O–H groups in total. The molecule has 3 aromatic rings. The maximum absolute atomic E-state index is 14.1. The minimum Gasteiger partial charge on any atom is -0.444 e. The smallest absolute Gasteiger partial charge is 0.408 e. The Morgan fingerprint density at radius 2 is 1.57 bits per heavy atom. The van der Waals surface area contributed by atoms with Crippen LogP contribution in [0, 0.1) is 12.3 Å². The van der Waals surface area contributed by atoms with Crippen molar-refractivity contribution >= 4 is 47.0 Å². The van der Waals surface area contributed by atoms with Crippen LogP contribution in [0.4, 0.5) is 10.5 Å². The standard InChI is InChI=1S/C32H37N3O4S/c1-8-21-13-11-12-16-25(21)27(28(36)33-24-18-17-22-14-9-10-15-23(22)19-24)35(31(2,3)4)29(37)26(20-40)34-30(38)39-32(5,6)7/h1,9-19,26-27,40H,20H2,2-7H3,(H,33,36)(H,34,38). The van der Waals surface area contributed by atoms with E-state index in [1.54, 1.807) is 45.0 Å². The number of carbonyl (C=O) groups excluding carboxylic acids is 3. The summed E-state index contributed by atoms with van der Waals surface area (Å²) in [5.74, 6) is 1.68. The minimum absolute atomic E-state index is 0.0134. The Kier molecular flexibility index (Phi) is 9.54. The highest BCUT2D eigenvalue weighted by atomic mass is 32.1. The molecule has 0 saturated carbocycles. The van der Waals surface area contributed by atoms with Crippen molar-refractivity contribution in [2.24, 2.45) is 0 Å². The van der Waals surface area contributed by atoms with E-state index >= 15 is 0 Å². The quantitative estimate of drug-likeness (QED) is 0.247. The fourth-order valence-electron chi connectivity index (χ4n) is 4.39. The van der Waals surface area contributed by atoms with Gasteiger partial charge in [-0.25, -0.2) is 4.79 Å². The molecule has 210 valence electrons. The van der Waals surface area contributed by atoms with E-state index in [4.69, 9.17) is 11.2 Å². The lowest BCUT2D eigenvalue weighted by molar-refractivity contribution is -0.146. The average Bonchev–Trinajstić information content (AvgIpc) is 2.88. The summed E-state index contributed by atoms with van der Waals surface area (Å²) in [5, 5.41) is 7.60. The summed E-state index contributed by atoms with van der Waals surface area (Å²) in [5.41, 5.74) is -0.0780. The number of benzene rings is 3. The van der Waals surface area contributed by atoms with Gasteiger partial charge in [0.25, 0.3) is 5.91 Å². The SMILES string of the molecule is C#Cc1ccccc1C(C(=O)Nc1ccc2ccccc2c1)N(C(=O)C(CS)NC(=O)OC(C)(C)C)C(C)(C)C. The number of terminal acetylenes is 1. The largest absolute Gasteiger partial charge is 0.444 e. The van der Waals surface area contributed by atoms with Gasteiger partial charge in [-0.05, 0) is 76.1 Å². The molecule has 0 aliphatic rings. The second-order valence-corrected chi connectivity index (χ2v) is 11.8. The first kappa shape index (κ1) is 30.6. The van der Waals surface area contributed by atoms with Gasteiger partial charge in [0.05, 0.1) is 0 Å². The summed E-state index contributed by atoms with van der Waals surface area (Å²) >= 11 is 4.34. The van der Waals surface area contributed by atoms with E-state index < -0.39 is 41.1 Å². The van der Waals surface area contributed by atoms with Gasteiger partial charge in [0, 0.05) is 22.5 Å². The van der Waals surface area contributed by atoms with Crippen LogP contribution in [-0.4, -0.2) is 45.7 Å². The number of carbonyl (C=O) groups is 3. The van der Waals surface area contributed by atoms with Crippen molar-refractivity contribution in [1.82, 2.24) is 10.2 Å². The monoisotopic (exact) mass is 559 g/mol. The summed E-state index contributed by atoms with van der Waals surface area (Å²) < 4.78 is 5.37. The number of nitrogens with zero attached hydrogens (tertiary/aromatic N) is 1. The van der Waals surface area contributed by atoms with E-state index in [9.17, 15) is 14.4 Å². The molecular formula is C32H37N3O4S. The molecule has 2 atom stereocenters. The number of ether oxygens (including phenoxy) is 1. The maximum atomic E-state index is 14.1. The molecule has 2 unspecified atom stereocenters. The van der Waals surface area contributed by atoms with Crippen LogP contribution in [0.15, 0.2) is 66.7 Å². The van der Waals surface area contributed by atoms with Crippen LogP contribution >= 0.6 is 12.6 Å². The molecule has 0 heterocycles. The molecule has 3 rings (SSSR count). The molecule has 0 spiro atoms. The van der Waals surface area contributed by atoms with Gasteiger partial charge in [0.2, 0.25) is 5.91 Å². The highest BCUT2D eigenvalue weighted by molar-refractivity contribution is 7.80. The molecule has 0 aliphatic carbocycles. The summed E-state index contributed by atoms with van der Waals surface area (Å²) in [6.45, 7) is 10.7. The van der Waals surface area contributed by atoms with Gasteiger partial charge < -0.3 is 20.3 Å². The Balaban J connectivity index is 2.08. The van der Waals surface area contributed by atoms with Crippen LogP contribution in [0.5, 0.6) is 0 Å². The molecule has 3 aromatic carbocycles. The van der Waals surface area contributed by atoms with Gasteiger partial charge in [-0.15, -0.1) is 6.42 Å². The third-order valence-corrected chi connectivity index (χ3v) is 6.43. The van der Waals surface area contributed by atoms with E-state index in [1.807, 2.05) is 63.2 Å². The fraction of sp³-hybridized carbons (Fsp3) is 0.344. The second-order valence-electron chi connectivity index (χ2n) is 11.4. The van der Waals surface area contributed by atoms with E-state index in [-0.39, 0.29) is 5.75 Å². The first-order valence-electron chi connectivity index (χ1n) is 13.0. The predicted molar refractivity (Wildman–Crippen MR) is 163 cm³/mol. The Bertz CT molecular complexity index is 1430. The molecule has 0 fully saturated rings. The van der Waals surface area contributed by atoms with Crippen molar-refractivity contribution in [2.75, 3.05) is 11.1 Å². The number of anilines is 1. The number of amides is 3. The number of alkyl carbamates (subject to hydrolysis) is 1. The molecule has 0 radical (unpaired) electrons. The van der Waals surface area contributed by atoms with E-state index in [1.165, 1.54) is 4.90 Å². The first-order valence-corrected chi connectivity index (χ1v) is 13.7. The predicted octanol–water partition coefficient (Wildman–Crippen LogP) is 5.95. The Morgan fingerprint density at radius 1 is 0.950 bits per heavy atom. The fourth-order valence-corrected chi connectivity index (χ4v) is 4.64. The highest BCUT2D eigenvalue weighted by Gasteiger charge is 2.42. The summed E-state index contributed by atoms with van der Waals surface area (Å²) in [6, 6.07) is 18.3. The number of nitrogens with one attached hydrogen (secondary N) is 2. The number of rotatable bonds is 7. The van der Waals surface area contributed by atoms with Gasteiger partial charge in [-0.3, -0.25) is 9.59 Å². The lowest BCUT2D eigenvalue weighted by Gasteiger charge is -2.43. The molecule has 40 heavy (non-hydrogen) atoms. The zero-order valence-corrected chi connectivity index (χ0v) is 24.7. The third kappa shape index (κ3) is 7.57. The van der Waals surface area contributed by atoms with Crippen molar-refractivity contribution in [3.63, 3.8) is 0 Å². The molecule has 3 amide bonds. The summed E-state index contributed by atoms with van der Waals surface area (Å²) in [6.07, 6.45) is 5.07. The molecular weight excluding hydrogens is 522 g/mol. The van der Waals surface area contributed by atoms with Crippen molar-refractivity contribution in [3.8, 4) is 12.3 Å². The van der Waals surface area contributed by atoms with Crippen LogP contribution in [0.1, 0.15) is 58.7 Å². The van der Waals surface area contributed by atoms with Crippen molar-refractivity contribution in [1.29, 1.82) is 0 Å². The number of hydrogen-bond acceptors (Lipinski definition) is 5. The molecule has 7 nitrogen and oxygen atoms in total. The minimum atomic E-state index is -1.12. The van der Waals surface area contributed by atoms with E-state index in [2.05, 4.69) is 29.2 Å². The van der Waals surface area contributed by atoms with Crippen LogP contribution in [0.25, 0.3) is 10.8 Å². The molecule has 8 heteroatoms. The summed E-state index contributed by atoms with van der Waals surface area (Å²) in [7, 11) is 0. The van der Waals surface area contributed by atoms with E-state index in [0.29, 0.717) is 16.8 Å². The average molecular weight is 560 g/mol. The Morgan fingerprint density at radius 3 is 2.17 bits per heavy atom. The number of hydrogen-bond donors (Lipinski definition) is 3. The Labute approximate surface area is 242 Å².